The molecule has 2 rings (SSSR count). The lowest BCUT2D eigenvalue weighted by molar-refractivity contribution is 0.102. The number of pyridine rings is 1. The molecule has 0 aliphatic rings. The van der Waals surface area contributed by atoms with Crippen LogP contribution < -0.4 is 10.7 Å². The average molecular weight is 389 g/mol. The maximum Gasteiger partial charge on any atom is 0.261 e. The average Bonchev–Trinajstić information content (AvgIpc) is 2.67. The van der Waals surface area contributed by atoms with Crippen molar-refractivity contribution in [2.75, 3.05) is 5.32 Å². The highest BCUT2D eigenvalue weighted by Gasteiger charge is 2.23. The van der Waals surface area contributed by atoms with Crippen LogP contribution in [0.25, 0.3) is 0 Å². The van der Waals surface area contributed by atoms with Crippen LogP contribution in [0, 0.1) is 6.92 Å². The number of benzene rings is 1. The fourth-order valence-electron chi connectivity index (χ4n) is 3.37. The molecule has 0 bridgehead atoms. The number of hydrogen-bond acceptors (Lipinski definition) is 2. The Morgan fingerprint density at radius 3 is 2.26 bits per heavy atom. The fourth-order valence-corrected chi connectivity index (χ4v) is 3.59. The smallest absolute Gasteiger partial charge is 0.261 e. The van der Waals surface area contributed by atoms with E-state index < -0.39 is 0 Å². The summed E-state index contributed by atoms with van der Waals surface area (Å²) in [5.74, 6) is -0.376. The van der Waals surface area contributed by atoms with Gasteiger partial charge in [0, 0.05) is 24.1 Å². The van der Waals surface area contributed by atoms with E-state index in [-0.39, 0.29) is 21.9 Å². The van der Waals surface area contributed by atoms with E-state index in [0.29, 0.717) is 12.1 Å². The number of nitrogens with one attached hydrogen (secondary N) is 1. The summed E-state index contributed by atoms with van der Waals surface area (Å²) >= 11 is 6.24. The molecule has 0 saturated carbocycles. The number of nitrogens with zero attached hydrogens (tertiary/aromatic N) is 1. The maximum absolute atomic E-state index is 13.2. The number of hydrogen-bond donors (Lipinski definition) is 1. The molecule has 0 aliphatic heterocycles. The molecular weight excluding hydrogens is 360 g/mol. The highest BCUT2D eigenvalue weighted by Crippen LogP contribution is 2.24. The lowest BCUT2D eigenvalue weighted by atomic mass is 10.0. The third kappa shape index (κ3) is 4.27. The van der Waals surface area contributed by atoms with E-state index in [1.165, 1.54) is 0 Å². The van der Waals surface area contributed by atoms with Gasteiger partial charge in [-0.1, -0.05) is 57.0 Å². The van der Waals surface area contributed by atoms with Gasteiger partial charge in [0.15, 0.2) is 0 Å². The zero-order valence-corrected chi connectivity index (χ0v) is 17.7. The molecule has 5 heteroatoms. The lowest BCUT2D eigenvalue weighted by Gasteiger charge is -2.19. The van der Waals surface area contributed by atoms with Crippen molar-refractivity contribution in [3.8, 4) is 0 Å². The van der Waals surface area contributed by atoms with Gasteiger partial charge in [-0.05, 0) is 43.7 Å². The van der Waals surface area contributed by atoms with Crippen molar-refractivity contribution in [3.63, 3.8) is 0 Å². The van der Waals surface area contributed by atoms with Crippen LogP contribution >= 0.6 is 11.6 Å². The first-order chi connectivity index (χ1) is 12.9. The normalized spacial score (nSPS) is 10.9. The van der Waals surface area contributed by atoms with Crippen LogP contribution in [0.1, 0.15) is 66.5 Å². The number of amides is 1. The number of anilines is 1. The third-order valence-corrected chi connectivity index (χ3v) is 5.62. The van der Waals surface area contributed by atoms with Crippen molar-refractivity contribution in [3.05, 3.63) is 61.5 Å². The van der Waals surface area contributed by atoms with Gasteiger partial charge in [-0.3, -0.25) is 9.59 Å². The monoisotopic (exact) mass is 388 g/mol. The molecule has 2 aromatic rings. The number of carbonyl (C=O) groups excluding carboxylic acids is 1. The highest BCUT2D eigenvalue weighted by molar-refractivity contribution is 6.31. The zero-order chi connectivity index (χ0) is 20.1. The van der Waals surface area contributed by atoms with Gasteiger partial charge in [0.25, 0.3) is 5.91 Å². The SMILES string of the molecule is CCCCc1c(C(=O)Nc2c(CC)cccc2CC)c(=O)c(Cl)c(C)n1C. The molecule has 1 N–H and O–H groups in total. The van der Waals surface area contributed by atoms with Gasteiger partial charge in [0.1, 0.15) is 10.6 Å². The maximum atomic E-state index is 13.2. The van der Waals surface area contributed by atoms with Crippen molar-refractivity contribution in [1.82, 2.24) is 4.57 Å². The Labute approximate surface area is 166 Å². The molecule has 1 heterocycles. The van der Waals surface area contributed by atoms with Crippen molar-refractivity contribution in [2.24, 2.45) is 7.05 Å². The van der Waals surface area contributed by atoms with Crippen LogP contribution in [0.15, 0.2) is 23.0 Å². The number of para-hydroxylation sites is 1. The molecule has 0 fully saturated rings. The van der Waals surface area contributed by atoms with Crippen LogP contribution in [-0.2, 0) is 26.3 Å². The van der Waals surface area contributed by atoms with E-state index in [1.807, 2.05) is 36.7 Å². The topological polar surface area (TPSA) is 51.1 Å². The molecule has 1 aromatic carbocycles. The van der Waals surface area contributed by atoms with Crippen LogP contribution in [-0.4, -0.2) is 10.5 Å². The van der Waals surface area contributed by atoms with Crippen LogP contribution in [0.2, 0.25) is 5.02 Å². The quantitative estimate of drug-likeness (QED) is 0.720. The number of aryl methyl sites for hydroxylation is 2. The molecule has 4 nitrogen and oxygen atoms in total. The Balaban J connectivity index is 2.59. The molecule has 0 unspecified atom stereocenters. The molecule has 1 aromatic heterocycles. The minimum Gasteiger partial charge on any atom is -0.349 e. The van der Waals surface area contributed by atoms with Gasteiger partial charge < -0.3 is 9.88 Å². The molecule has 0 saturated heterocycles. The molecule has 146 valence electrons. The summed E-state index contributed by atoms with van der Waals surface area (Å²) in [5.41, 5.74) is 4.14. The highest BCUT2D eigenvalue weighted by atomic mass is 35.5. The standard InChI is InChI=1S/C22H29ClN2O2/c1-6-9-13-17-18(21(26)19(23)14(4)25(17)5)22(27)24-20-15(7-2)11-10-12-16(20)8-3/h10-12H,6-9,13H2,1-5H3,(H,24,27). The van der Waals surface area contributed by atoms with E-state index in [9.17, 15) is 9.59 Å². The van der Waals surface area contributed by atoms with E-state index in [1.54, 1.807) is 0 Å². The zero-order valence-electron chi connectivity index (χ0n) is 16.9. The van der Waals surface area contributed by atoms with Crippen molar-refractivity contribution < 1.29 is 4.79 Å². The second kappa shape index (κ2) is 9.23. The number of halogens is 1. The number of unbranched alkanes of at least 4 members (excludes halogenated alkanes) is 1. The number of rotatable bonds is 7. The molecule has 0 atom stereocenters. The Morgan fingerprint density at radius 1 is 1.15 bits per heavy atom. The summed E-state index contributed by atoms with van der Waals surface area (Å²) in [7, 11) is 1.86. The summed E-state index contributed by atoms with van der Waals surface area (Å²) < 4.78 is 1.88. The third-order valence-electron chi connectivity index (χ3n) is 5.17. The first kappa shape index (κ1) is 21.2. The Hall–Kier alpha value is -2.07. The van der Waals surface area contributed by atoms with Crippen molar-refractivity contribution in [2.45, 2.75) is 59.8 Å². The molecule has 27 heavy (non-hydrogen) atoms. The molecule has 0 aliphatic carbocycles. The van der Waals surface area contributed by atoms with Gasteiger partial charge in [-0.15, -0.1) is 0 Å². The van der Waals surface area contributed by atoms with E-state index in [2.05, 4.69) is 26.1 Å². The van der Waals surface area contributed by atoms with Gasteiger partial charge in [0.05, 0.1) is 0 Å². The first-order valence-electron chi connectivity index (χ1n) is 9.67. The van der Waals surface area contributed by atoms with Crippen LogP contribution in [0.4, 0.5) is 5.69 Å². The predicted molar refractivity (Wildman–Crippen MR) is 113 cm³/mol. The van der Waals surface area contributed by atoms with Crippen molar-refractivity contribution >= 4 is 23.2 Å². The lowest BCUT2D eigenvalue weighted by Crippen LogP contribution is -2.29. The van der Waals surface area contributed by atoms with E-state index in [4.69, 9.17) is 11.6 Å². The summed E-state index contributed by atoms with van der Waals surface area (Å²) in [5, 5.41) is 3.13. The summed E-state index contributed by atoms with van der Waals surface area (Å²) in [6, 6.07) is 6.02. The van der Waals surface area contributed by atoms with Gasteiger partial charge >= 0.3 is 0 Å². The molecular formula is C22H29ClN2O2. The molecule has 1 amide bonds. The minimum atomic E-state index is -0.386. The van der Waals surface area contributed by atoms with Gasteiger partial charge in [-0.25, -0.2) is 0 Å². The predicted octanol–water partition coefficient (Wildman–Crippen LogP) is 5.07. The summed E-state index contributed by atoms with van der Waals surface area (Å²) in [4.78, 5) is 26.0. The van der Waals surface area contributed by atoms with Crippen LogP contribution in [0.5, 0.6) is 0 Å². The second-order valence-corrected chi connectivity index (χ2v) is 7.20. The van der Waals surface area contributed by atoms with Crippen LogP contribution in [0.3, 0.4) is 0 Å². The summed E-state index contributed by atoms with van der Waals surface area (Å²) in [6.07, 6.45) is 4.16. The van der Waals surface area contributed by atoms with Gasteiger partial charge in [0.2, 0.25) is 5.43 Å². The second-order valence-electron chi connectivity index (χ2n) is 6.83. The van der Waals surface area contributed by atoms with E-state index >= 15 is 0 Å². The summed E-state index contributed by atoms with van der Waals surface area (Å²) in [6.45, 7) is 8.01. The molecule has 0 spiro atoms. The van der Waals surface area contributed by atoms with E-state index in [0.717, 1.165) is 48.2 Å². The largest absolute Gasteiger partial charge is 0.349 e. The molecule has 0 radical (unpaired) electrons. The number of aromatic nitrogens is 1. The number of carbonyl (C=O) groups is 1. The van der Waals surface area contributed by atoms with Crippen molar-refractivity contribution in [1.29, 1.82) is 0 Å². The Kier molecular flexibility index (Phi) is 7.25. The fraction of sp³-hybridized carbons (Fsp3) is 0.455. The first-order valence-corrected chi connectivity index (χ1v) is 10.0. The Morgan fingerprint density at radius 2 is 1.74 bits per heavy atom. The van der Waals surface area contributed by atoms with Gasteiger partial charge in [-0.2, -0.15) is 0 Å². The minimum absolute atomic E-state index is 0.113. The Bertz CT molecular complexity index is 878.